The van der Waals surface area contributed by atoms with Gasteiger partial charge in [-0.1, -0.05) is 30.9 Å². The van der Waals surface area contributed by atoms with Crippen molar-refractivity contribution in [2.75, 3.05) is 7.05 Å². The van der Waals surface area contributed by atoms with Crippen LogP contribution in [0.5, 0.6) is 0 Å². The molecule has 104 valence electrons. The third-order valence-corrected chi connectivity index (χ3v) is 4.52. The van der Waals surface area contributed by atoms with Crippen LogP contribution < -0.4 is 0 Å². The van der Waals surface area contributed by atoms with Crippen molar-refractivity contribution < 1.29 is 4.79 Å². The van der Waals surface area contributed by atoms with Crippen LogP contribution in [-0.4, -0.2) is 29.8 Å². The zero-order valence-electron chi connectivity index (χ0n) is 11.7. The predicted octanol–water partition coefficient (Wildman–Crippen LogP) is 4.18. The fourth-order valence-corrected chi connectivity index (χ4v) is 2.97. The third kappa shape index (κ3) is 3.58. The number of rotatable bonds is 4. The number of hydrogen-bond acceptors (Lipinski definition) is 2. The highest BCUT2D eigenvalue weighted by atomic mass is 35.5. The summed E-state index contributed by atoms with van der Waals surface area (Å²) in [6, 6.07) is 7.68. The maximum Gasteiger partial charge on any atom is 0.179 e. The number of likely N-dealkylation sites (N-methyl/N-ethyl adjacent to an activating group) is 1. The minimum absolute atomic E-state index is 0.0655. The lowest BCUT2D eigenvalue weighted by Gasteiger charge is -2.34. The molecule has 0 heterocycles. The first-order chi connectivity index (χ1) is 9.09. The van der Waals surface area contributed by atoms with Crippen molar-refractivity contribution in [1.82, 2.24) is 4.90 Å². The molecule has 0 radical (unpaired) electrons. The summed E-state index contributed by atoms with van der Waals surface area (Å²) in [7, 11) is 2.08. The molecule has 1 unspecified atom stereocenters. The van der Waals surface area contributed by atoms with Gasteiger partial charge in [0.05, 0.1) is 6.04 Å². The highest BCUT2D eigenvalue weighted by molar-refractivity contribution is 6.30. The van der Waals surface area contributed by atoms with E-state index in [0.29, 0.717) is 11.1 Å². The first-order valence-corrected chi connectivity index (χ1v) is 7.49. The Labute approximate surface area is 120 Å². The van der Waals surface area contributed by atoms with Crippen LogP contribution in [0.2, 0.25) is 5.02 Å². The molecule has 0 N–H and O–H groups in total. The van der Waals surface area contributed by atoms with Gasteiger partial charge in [-0.2, -0.15) is 0 Å². The molecule has 2 nitrogen and oxygen atoms in total. The highest BCUT2D eigenvalue weighted by Crippen LogP contribution is 2.24. The SMILES string of the molecule is CC(C(=O)c1ccc(Cl)cc1)N(C)C1CCCCC1. The lowest BCUT2D eigenvalue weighted by molar-refractivity contribution is 0.0778. The van der Waals surface area contributed by atoms with Crippen molar-refractivity contribution in [2.24, 2.45) is 0 Å². The Kier molecular flexibility index (Phi) is 5.00. The summed E-state index contributed by atoms with van der Waals surface area (Å²) in [5, 5.41) is 0.671. The maximum absolute atomic E-state index is 12.5. The van der Waals surface area contributed by atoms with Gasteiger partial charge in [0.1, 0.15) is 0 Å². The molecule has 0 aliphatic heterocycles. The molecule has 0 saturated heterocycles. The normalized spacial score (nSPS) is 18.5. The Balaban J connectivity index is 2.03. The van der Waals surface area contributed by atoms with Crippen molar-refractivity contribution in [3.63, 3.8) is 0 Å². The molecule has 1 aliphatic carbocycles. The van der Waals surface area contributed by atoms with E-state index in [-0.39, 0.29) is 11.8 Å². The fourth-order valence-electron chi connectivity index (χ4n) is 2.84. The maximum atomic E-state index is 12.5. The topological polar surface area (TPSA) is 20.3 Å². The molecule has 19 heavy (non-hydrogen) atoms. The molecule has 0 aromatic heterocycles. The summed E-state index contributed by atoms with van der Waals surface area (Å²) in [5.74, 6) is 0.185. The van der Waals surface area contributed by atoms with Gasteiger partial charge in [0.2, 0.25) is 0 Å². The molecule has 0 bridgehead atoms. The van der Waals surface area contributed by atoms with Crippen LogP contribution in [0.15, 0.2) is 24.3 Å². The van der Waals surface area contributed by atoms with Gasteiger partial charge in [0, 0.05) is 16.6 Å². The van der Waals surface area contributed by atoms with E-state index < -0.39 is 0 Å². The van der Waals surface area contributed by atoms with Crippen LogP contribution in [0.25, 0.3) is 0 Å². The van der Waals surface area contributed by atoms with Gasteiger partial charge in [-0.05, 0) is 51.1 Å². The number of hydrogen-bond donors (Lipinski definition) is 0. The summed E-state index contributed by atoms with van der Waals surface area (Å²) in [6.07, 6.45) is 6.35. The molecule has 0 spiro atoms. The second-order valence-electron chi connectivity index (χ2n) is 5.50. The van der Waals surface area contributed by atoms with Crippen molar-refractivity contribution in [2.45, 2.75) is 51.1 Å². The molecule has 1 fully saturated rings. The Hall–Kier alpha value is -0.860. The van der Waals surface area contributed by atoms with Crippen LogP contribution in [0.4, 0.5) is 0 Å². The largest absolute Gasteiger partial charge is 0.294 e. The minimum Gasteiger partial charge on any atom is -0.294 e. The number of carbonyl (C=O) groups is 1. The molecule has 1 saturated carbocycles. The molecule has 3 heteroatoms. The number of benzene rings is 1. The second-order valence-corrected chi connectivity index (χ2v) is 5.94. The third-order valence-electron chi connectivity index (χ3n) is 4.27. The zero-order chi connectivity index (χ0) is 13.8. The van der Waals surface area contributed by atoms with Crippen LogP contribution in [0, 0.1) is 0 Å². The number of nitrogens with zero attached hydrogens (tertiary/aromatic N) is 1. The molecular weight excluding hydrogens is 258 g/mol. The highest BCUT2D eigenvalue weighted by Gasteiger charge is 2.26. The summed E-state index contributed by atoms with van der Waals surface area (Å²) in [6.45, 7) is 2.01. The van der Waals surface area contributed by atoms with Gasteiger partial charge in [0.15, 0.2) is 5.78 Å². The Morgan fingerprint density at radius 2 is 1.79 bits per heavy atom. The lowest BCUT2D eigenvalue weighted by atomic mass is 9.92. The quantitative estimate of drug-likeness (QED) is 0.771. The number of carbonyl (C=O) groups excluding carboxylic acids is 1. The zero-order valence-corrected chi connectivity index (χ0v) is 12.5. The smallest absolute Gasteiger partial charge is 0.179 e. The molecule has 1 aromatic carbocycles. The predicted molar refractivity (Wildman–Crippen MR) is 79.9 cm³/mol. The second kappa shape index (κ2) is 6.53. The first kappa shape index (κ1) is 14.5. The molecule has 1 aliphatic rings. The minimum atomic E-state index is -0.0655. The standard InChI is InChI=1S/C16H22ClNO/c1-12(18(2)15-6-4-3-5-7-15)16(19)13-8-10-14(17)11-9-13/h8-12,15H,3-7H2,1-2H3. The molecule has 1 atom stereocenters. The van der Waals surface area contributed by atoms with Crippen LogP contribution in [0.3, 0.4) is 0 Å². The van der Waals surface area contributed by atoms with E-state index in [1.807, 2.05) is 19.1 Å². The number of Topliss-reactive ketones (excluding diaryl/α,β-unsaturated/α-hetero) is 1. The first-order valence-electron chi connectivity index (χ1n) is 7.11. The Bertz CT molecular complexity index is 423. The van der Waals surface area contributed by atoms with Crippen molar-refractivity contribution in [3.05, 3.63) is 34.9 Å². The molecule has 2 rings (SSSR count). The van der Waals surface area contributed by atoms with Gasteiger partial charge in [-0.15, -0.1) is 0 Å². The summed E-state index contributed by atoms with van der Waals surface area (Å²) < 4.78 is 0. The number of ketones is 1. The van der Waals surface area contributed by atoms with Crippen molar-refractivity contribution in [3.8, 4) is 0 Å². The monoisotopic (exact) mass is 279 g/mol. The van der Waals surface area contributed by atoms with E-state index in [0.717, 1.165) is 5.56 Å². The van der Waals surface area contributed by atoms with Crippen molar-refractivity contribution in [1.29, 1.82) is 0 Å². The van der Waals surface area contributed by atoms with Gasteiger partial charge >= 0.3 is 0 Å². The lowest BCUT2D eigenvalue weighted by Crippen LogP contribution is -2.43. The summed E-state index contributed by atoms with van der Waals surface area (Å²) >= 11 is 5.86. The molecule has 1 aromatic rings. The van der Waals surface area contributed by atoms with E-state index in [4.69, 9.17) is 11.6 Å². The van der Waals surface area contributed by atoms with Crippen molar-refractivity contribution >= 4 is 17.4 Å². The Morgan fingerprint density at radius 1 is 1.21 bits per heavy atom. The fraction of sp³-hybridized carbons (Fsp3) is 0.562. The summed E-state index contributed by atoms with van der Waals surface area (Å²) in [5.41, 5.74) is 0.750. The van der Waals surface area contributed by atoms with Crippen LogP contribution in [0.1, 0.15) is 49.4 Å². The van der Waals surface area contributed by atoms with Crippen LogP contribution in [-0.2, 0) is 0 Å². The average Bonchev–Trinajstić information content (AvgIpc) is 2.46. The molecule has 0 amide bonds. The van der Waals surface area contributed by atoms with E-state index >= 15 is 0 Å². The van der Waals surface area contributed by atoms with Gasteiger partial charge in [-0.25, -0.2) is 0 Å². The summed E-state index contributed by atoms with van der Waals surface area (Å²) in [4.78, 5) is 14.7. The van der Waals surface area contributed by atoms with E-state index in [1.54, 1.807) is 12.1 Å². The van der Waals surface area contributed by atoms with Gasteiger partial charge in [-0.3, -0.25) is 9.69 Å². The number of halogens is 1. The van der Waals surface area contributed by atoms with E-state index in [1.165, 1.54) is 32.1 Å². The average molecular weight is 280 g/mol. The van der Waals surface area contributed by atoms with E-state index in [2.05, 4.69) is 11.9 Å². The van der Waals surface area contributed by atoms with Crippen LogP contribution >= 0.6 is 11.6 Å². The Morgan fingerprint density at radius 3 is 2.37 bits per heavy atom. The van der Waals surface area contributed by atoms with E-state index in [9.17, 15) is 4.79 Å². The molecular formula is C16H22ClNO. The van der Waals surface area contributed by atoms with Gasteiger partial charge < -0.3 is 0 Å². The van der Waals surface area contributed by atoms with Gasteiger partial charge in [0.25, 0.3) is 0 Å².